The van der Waals surface area contributed by atoms with Crippen LogP contribution in [-0.2, 0) is 6.54 Å². The van der Waals surface area contributed by atoms with Gasteiger partial charge in [-0.1, -0.05) is 24.3 Å². The topological polar surface area (TPSA) is 81.2 Å². The van der Waals surface area contributed by atoms with E-state index in [1.807, 2.05) is 24.3 Å². The molecule has 0 radical (unpaired) electrons. The molecule has 0 saturated carbocycles. The Hall–Kier alpha value is -1.88. The monoisotopic (exact) mass is 244 g/mol. The first-order chi connectivity index (χ1) is 8.70. The number of hydrogen-bond donors (Lipinski definition) is 3. The third-order valence-electron chi connectivity index (χ3n) is 3.17. The normalized spacial score (nSPS) is 11.8. The number of para-hydroxylation sites is 1. The van der Waals surface area contributed by atoms with Crippen molar-refractivity contribution in [1.29, 1.82) is 0 Å². The van der Waals surface area contributed by atoms with Crippen molar-refractivity contribution in [3.8, 4) is 0 Å². The number of furan rings is 1. The number of quaternary nitrogens is 1. The lowest BCUT2D eigenvalue weighted by Gasteiger charge is -2.01. The van der Waals surface area contributed by atoms with Gasteiger partial charge >= 0.3 is 0 Å². The summed E-state index contributed by atoms with van der Waals surface area (Å²) in [6.07, 6.45) is -1.48. The van der Waals surface area contributed by atoms with Crippen molar-refractivity contribution in [1.82, 2.24) is 0 Å². The van der Waals surface area contributed by atoms with E-state index < -0.39 is 6.29 Å². The van der Waals surface area contributed by atoms with Gasteiger partial charge in [-0.3, -0.25) is 0 Å². The van der Waals surface area contributed by atoms with E-state index in [1.54, 1.807) is 12.1 Å². The van der Waals surface area contributed by atoms with Gasteiger partial charge in [-0.25, -0.2) is 0 Å². The Balaban J connectivity index is 2.35. The third kappa shape index (κ3) is 1.59. The third-order valence-corrected chi connectivity index (χ3v) is 3.17. The van der Waals surface area contributed by atoms with Gasteiger partial charge in [0, 0.05) is 21.9 Å². The quantitative estimate of drug-likeness (QED) is 0.594. The maximum atomic E-state index is 9.16. The standard InChI is InChI=1S/C14H13NO3/c15-7-9-2-1-3-11-10-5-4-8(14(16)17)6-12(10)18-13(9)11/h1-6,14,16-17H,7,15H2/p+1. The predicted octanol–water partition coefficient (Wildman–Crippen LogP) is 1.31. The summed E-state index contributed by atoms with van der Waals surface area (Å²) in [4.78, 5) is 0. The molecule has 2 aromatic carbocycles. The highest BCUT2D eigenvalue weighted by Gasteiger charge is 2.12. The first-order valence-corrected chi connectivity index (χ1v) is 5.80. The Bertz CT molecular complexity index is 715. The molecule has 0 aliphatic carbocycles. The Morgan fingerprint density at radius 3 is 2.67 bits per heavy atom. The lowest BCUT2D eigenvalue weighted by molar-refractivity contribution is -0.386. The Morgan fingerprint density at radius 1 is 1.11 bits per heavy atom. The van der Waals surface area contributed by atoms with E-state index in [-0.39, 0.29) is 0 Å². The molecule has 0 aliphatic heterocycles. The van der Waals surface area contributed by atoms with Crippen LogP contribution in [0.2, 0.25) is 0 Å². The van der Waals surface area contributed by atoms with E-state index >= 15 is 0 Å². The highest BCUT2D eigenvalue weighted by atomic mass is 16.5. The zero-order valence-corrected chi connectivity index (χ0v) is 9.76. The second-order valence-electron chi connectivity index (χ2n) is 4.28. The molecule has 4 heteroatoms. The van der Waals surface area contributed by atoms with Crippen molar-refractivity contribution < 1.29 is 20.4 Å². The number of hydrogen-bond acceptors (Lipinski definition) is 3. The van der Waals surface area contributed by atoms with E-state index in [9.17, 15) is 0 Å². The van der Waals surface area contributed by atoms with Crippen LogP contribution in [0.4, 0.5) is 0 Å². The van der Waals surface area contributed by atoms with Crippen molar-refractivity contribution in [2.24, 2.45) is 0 Å². The lowest BCUT2D eigenvalue weighted by Crippen LogP contribution is -2.47. The second-order valence-corrected chi connectivity index (χ2v) is 4.28. The lowest BCUT2D eigenvalue weighted by atomic mass is 10.1. The predicted molar refractivity (Wildman–Crippen MR) is 67.5 cm³/mol. The summed E-state index contributed by atoms with van der Waals surface area (Å²) in [7, 11) is 0. The molecule has 1 heterocycles. The van der Waals surface area contributed by atoms with Gasteiger partial charge < -0.3 is 20.4 Å². The maximum Gasteiger partial charge on any atom is 0.178 e. The summed E-state index contributed by atoms with van der Waals surface area (Å²) in [6.45, 7) is 0.659. The molecule has 92 valence electrons. The summed E-state index contributed by atoms with van der Waals surface area (Å²) in [6, 6.07) is 11.2. The fraction of sp³-hybridized carbons (Fsp3) is 0.143. The van der Waals surface area contributed by atoms with Crippen LogP contribution < -0.4 is 5.73 Å². The van der Waals surface area contributed by atoms with E-state index in [2.05, 4.69) is 5.73 Å². The SMILES string of the molecule is [NH3+]Cc1cccc2c1oc1cc(C(O)O)ccc12. The molecule has 0 atom stereocenters. The summed E-state index contributed by atoms with van der Waals surface area (Å²) in [5.74, 6) is 0. The van der Waals surface area contributed by atoms with Crippen LogP contribution in [0.25, 0.3) is 21.9 Å². The van der Waals surface area contributed by atoms with Crippen molar-refractivity contribution >= 4 is 21.9 Å². The highest BCUT2D eigenvalue weighted by molar-refractivity contribution is 6.05. The molecule has 0 saturated heterocycles. The molecule has 1 aromatic heterocycles. The van der Waals surface area contributed by atoms with Gasteiger partial charge in [0.25, 0.3) is 0 Å². The molecule has 5 N–H and O–H groups in total. The smallest absolute Gasteiger partial charge is 0.178 e. The zero-order chi connectivity index (χ0) is 12.7. The van der Waals surface area contributed by atoms with Gasteiger partial charge in [0.1, 0.15) is 17.7 Å². The van der Waals surface area contributed by atoms with Gasteiger partial charge in [-0.2, -0.15) is 0 Å². The molecule has 0 spiro atoms. The minimum Gasteiger partial charge on any atom is -0.456 e. The van der Waals surface area contributed by atoms with Gasteiger partial charge in [-0.15, -0.1) is 0 Å². The van der Waals surface area contributed by atoms with Crippen molar-refractivity contribution in [3.63, 3.8) is 0 Å². The largest absolute Gasteiger partial charge is 0.456 e. The molecule has 18 heavy (non-hydrogen) atoms. The molecule has 0 aliphatic rings. The first-order valence-electron chi connectivity index (χ1n) is 5.80. The Morgan fingerprint density at radius 2 is 1.94 bits per heavy atom. The molecule has 0 amide bonds. The van der Waals surface area contributed by atoms with E-state index in [0.29, 0.717) is 17.7 Å². The van der Waals surface area contributed by atoms with Crippen LogP contribution in [0.1, 0.15) is 17.4 Å². The molecular formula is C14H14NO3+. The van der Waals surface area contributed by atoms with Crippen LogP contribution in [0, 0.1) is 0 Å². The van der Waals surface area contributed by atoms with Crippen LogP contribution in [0.15, 0.2) is 40.8 Å². The summed E-state index contributed by atoms with van der Waals surface area (Å²) in [5, 5.41) is 20.3. The minimum atomic E-state index is -1.48. The fourth-order valence-electron chi connectivity index (χ4n) is 2.23. The van der Waals surface area contributed by atoms with Crippen LogP contribution in [0.5, 0.6) is 0 Å². The Labute approximate surface area is 103 Å². The number of benzene rings is 2. The van der Waals surface area contributed by atoms with Crippen LogP contribution in [0.3, 0.4) is 0 Å². The number of rotatable bonds is 2. The van der Waals surface area contributed by atoms with Crippen molar-refractivity contribution in [2.45, 2.75) is 12.8 Å². The second kappa shape index (κ2) is 4.10. The average molecular weight is 244 g/mol. The van der Waals surface area contributed by atoms with Gasteiger partial charge in [0.05, 0.1) is 0 Å². The number of aliphatic hydroxyl groups is 2. The van der Waals surface area contributed by atoms with Gasteiger partial charge in [0.15, 0.2) is 6.29 Å². The molecule has 3 rings (SSSR count). The van der Waals surface area contributed by atoms with Crippen LogP contribution >= 0.6 is 0 Å². The fourth-order valence-corrected chi connectivity index (χ4v) is 2.23. The molecular weight excluding hydrogens is 230 g/mol. The maximum absolute atomic E-state index is 9.16. The van der Waals surface area contributed by atoms with Gasteiger partial charge in [-0.05, 0) is 12.1 Å². The summed E-state index contributed by atoms with van der Waals surface area (Å²) in [5.41, 5.74) is 6.85. The molecule has 0 bridgehead atoms. The Kier molecular flexibility index (Phi) is 2.56. The molecule has 3 aromatic rings. The first kappa shape index (κ1) is 11.2. The highest BCUT2D eigenvalue weighted by Crippen LogP contribution is 2.31. The van der Waals surface area contributed by atoms with E-state index in [4.69, 9.17) is 14.6 Å². The molecule has 0 fully saturated rings. The van der Waals surface area contributed by atoms with Gasteiger partial charge in [0.2, 0.25) is 0 Å². The summed E-state index contributed by atoms with van der Waals surface area (Å²) >= 11 is 0. The van der Waals surface area contributed by atoms with Crippen molar-refractivity contribution in [2.75, 3.05) is 0 Å². The molecule has 0 unspecified atom stereocenters. The number of fused-ring (bicyclic) bond motifs is 3. The van der Waals surface area contributed by atoms with Crippen molar-refractivity contribution in [3.05, 3.63) is 47.5 Å². The summed E-state index contributed by atoms with van der Waals surface area (Å²) < 4.78 is 5.80. The molecule has 4 nitrogen and oxygen atoms in total. The zero-order valence-electron chi connectivity index (χ0n) is 9.76. The van der Waals surface area contributed by atoms with E-state index in [0.717, 1.165) is 21.9 Å². The van der Waals surface area contributed by atoms with E-state index in [1.165, 1.54) is 0 Å². The minimum absolute atomic E-state index is 0.428. The average Bonchev–Trinajstić information content (AvgIpc) is 2.75. The van der Waals surface area contributed by atoms with Crippen LogP contribution in [-0.4, -0.2) is 10.2 Å². The number of aliphatic hydroxyl groups excluding tert-OH is 1.